The van der Waals surface area contributed by atoms with E-state index in [2.05, 4.69) is 20.8 Å². The van der Waals surface area contributed by atoms with Gasteiger partial charge in [-0.1, -0.05) is 20.8 Å². The van der Waals surface area contributed by atoms with Crippen LogP contribution in [0.4, 0.5) is 0 Å². The van der Waals surface area contributed by atoms with Crippen LogP contribution in [0.25, 0.3) is 0 Å². The molecule has 0 N–H and O–H groups in total. The number of rotatable bonds is 6. The fourth-order valence-electron chi connectivity index (χ4n) is 9.32. The van der Waals surface area contributed by atoms with Gasteiger partial charge in [-0.25, -0.2) is 0 Å². The largest absolute Gasteiger partial charge is 0.469 e. The van der Waals surface area contributed by atoms with E-state index in [1.807, 2.05) is 0 Å². The number of carbonyl (C=O) groups excluding carboxylic acids is 4. The van der Waals surface area contributed by atoms with Gasteiger partial charge in [0.15, 0.2) is 11.9 Å². The predicted octanol–water partition coefficient (Wildman–Crippen LogP) is 4.89. The highest BCUT2D eigenvalue weighted by Crippen LogP contribution is 2.68. The van der Waals surface area contributed by atoms with Crippen molar-refractivity contribution >= 4 is 23.7 Å². The summed E-state index contributed by atoms with van der Waals surface area (Å²) in [6.45, 7) is 9.81. The number of Topliss-reactive ketones (excluding diaryl/α,β-unsaturated/α-hetero) is 1. The van der Waals surface area contributed by atoms with Crippen LogP contribution in [-0.4, -0.2) is 43.0 Å². The summed E-state index contributed by atoms with van der Waals surface area (Å²) in [5.41, 5.74) is -0.0106. The molecule has 10 atom stereocenters. The smallest absolute Gasteiger partial charge is 0.305 e. The van der Waals surface area contributed by atoms with Crippen molar-refractivity contribution in [3.63, 3.8) is 0 Å². The van der Waals surface area contributed by atoms with Crippen molar-refractivity contribution in [1.82, 2.24) is 0 Å². The Morgan fingerprint density at radius 3 is 2.25 bits per heavy atom. The van der Waals surface area contributed by atoms with Crippen LogP contribution in [0, 0.1) is 46.3 Å². The molecule has 4 fully saturated rings. The Kier molecular flexibility index (Phi) is 7.60. The minimum Gasteiger partial charge on any atom is -0.469 e. The van der Waals surface area contributed by atoms with E-state index in [9.17, 15) is 19.2 Å². The van der Waals surface area contributed by atoms with Crippen molar-refractivity contribution in [3.8, 4) is 0 Å². The molecule has 7 nitrogen and oxygen atoms in total. The minimum absolute atomic E-state index is 0.00583. The molecule has 0 radical (unpaired) electrons. The van der Waals surface area contributed by atoms with Crippen molar-refractivity contribution in [2.75, 3.05) is 7.11 Å². The van der Waals surface area contributed by atoms with E-state index < -0.39 is 12.1 Å². The van der Waals surface area contributed by atoms with E-state index >= 15 is 0 Å². The third-order valence-corrected chi connectivity index (χ3v) is 10.9. The fraction of sp³-hybridized carbons (Fsp3) is 0.862. The first-order valence-electron chi connectivity index (χ1n) is 13.9. The number of carbonyl (C=O) groups is 4. The number of esters is 3. The molecule has 0 spiro atoms. The number of ketones is 1. The van der Waals surface area contributed by atoms with Crippen LogP contribution in [0.3, 0.4) is 0 Å². The summed E-state index contributed by atoms with van der Waals surface area (Å²) < 4.78 is 16.5. The van der Waals surface area contributed by atoms with Gasteiger partial charge in [-0.05, 0) is 79.4 Å². The van der Waals surface area contributed by atoms with Gasteiger partial charge in [0.05, 0.1) is 7.11 Å². The maximum Gasteiger partial charge on any atom is 0.305 e. The summed E-state index contributed by atoms with van der Waals surface area (Å²) in [7, 11) is 1.44. The van der Waals surface area contributed by atoms with Gasteiger partial charge in [0.1, 0.15) is 6.10 Å². The summed E-state index contributed by atoms with van der Waals surface area (Å²) in [5, 5.41) is 0. The zero-order valence-corrected chi connectivity index (χ0v) is 22.8. The van der Waals surface area contributed by atoms with E-state index in [1.54, 1.807) is 0 Å². The monoisotopic (exact) mass is 504 g/mol. The number of methoxy groups -OCH3 is 1. The molecular formula is C29H44O7. The molecule has 36 heavy (non-hydrogen) atoms. The van der Waals surface area contributed by atoms with Gasteiger partial charge in [-0.2, -0.15) is 0 Å². The zero-order chi connectivity index (χ0) is 26.4. The molecule has 0 saturated heterocycles. The van der Waals surface area contributed by atoms with Crippen LogP contribution in [0.2, 0.25) is 0 Å². The third kappa shape index (κ3) is 4.60. The quantitative estimate of drug-likeness (QED) is 0.375. The predicted molar refractivity (Wildman–Crippen MR) is 133 cm³/mol. The molecule has 4 aliphatic carbocycles. The number of hydrogen-bond donors (Lipinski definition) is 0. The lowest BCUT2D eigenvalue weighted by Crippen LogP contribution is -2.62. The third-order valence-electron chi connectivity index (χ3n) is 10.9. The van der Waals surface area contributed by atoms with Crippen molar-refractivity contribution < 1.29 is 33.4 Å². The lowest BCUT2D eigenvalue weighted by molar-refractivity contribution is -0.208. The van der Waals surface area contributed by atoms with Crippen LogP contribution in [0.5, 0.6) is 0 Å². The first-order valence-corrected chi connectivity index (χ1v) is 13.9. The summed E-state index contributed by atoms with van der Waals surface area (Å²) in [6, 6.07) is 0. The van der Waals surface area contributed by atoms with E-state index in [-0.39, 0.29) is 46.5 Å². The van der Waals surface area contributed by atoms with E-state index in [0.717, 1.165) is 38.5 Å². The van der Waals surface area contributed by atoms with E-state index in [1.165, 1.54) is 21.0 Å². The van der Waals surface area contributed by atoms with Crippen LogP contribution in [0.15, 0.2) is 0 Å². The molecule has 4 aliphatic rings. The van der Waals surface area contributed by atoms with Crippen molar-refractivity contribution in [1.29, 1.82) is 0 Å². The highest BCUT2D eigenvalue weighted by molar-refractivity contribution is 5.86. The maximum absolute atomic E-state index is 12.9. The normalized spacial score (nSPS) is 42.4. The molecule has 4 rings (SSSR count). The first kappa shape index (κ1) is 27.1. The summed E-state index contributed by atoms with van der Waals surface area (Å²) in [4.78, 5) is 48.8. The molecule has 0 aliphatic heterocycles. The summed E-state index contributed by atoms with van der Waals surface area (Å²) in [6.07, 6.45) is 6.37. The second-order valence-corrected chi connectivity index (χ2v) is 12.6. The lowest BCUT2D eigenvalue weighted by atomic mass is 9.43. The van der Waals surface area contributed by atoms with Crippen LogP contribution in [-0.2, 0) is 33.4 Å². The lowest BCUT2D eigenvalue weighted by Gasteiger charge is -2.62. The van der Waals surface area contributed by atoms with Crippen molar-refractivity contribution in [2.45, 2.75) is 105 Å². The zero-order valence-electron chi connectivity index (χ0n) is 22.8. The molecular weight excluding hydrogens is 460 g/mol. The molecule has 4 saturated carbocycles. The maximum atomic E-state index is 12.9. The Morgan fingerprint density at radius 1 is 0.944 bits per heavy atom. The second-order valence-electron chi connectivity index (χ2n) is 12.6. The van der Waals surface area contributed by atoms with Crippen molar-refractivity contribution in [2.24, 2.45) is 46.3 Å². The second kappa shape index (κ2) is 10.1. The molecule has 0 unspecified atom stereocenters. The van der Waals surface area contributed by atoms with Crippen LogP contribution >= 0.6 is 0 Å². The van der Waals surface area contributed by atoms with Gasteiger partial charge in [0.25, 0.3) is 0 Å². The standard InChI is InChI=1S/C29H44O7/c1-16(7-10-25(33)34-6)19-8-9-20-26-21(11-13-28(19,20)4)29(5)14-12-23(32)27(36-18(3)31)22(29)15-24(26)35-17(2)30/h16,19-22,24,26-27H,7-15H2,1-6H3/t16-,19-,20+,21+,22-,24-,26+,27-,28-,29-/m1/s1. The average Bonchev–Trinajstić information content (AvgIpc) is 3.17. The minimum atomic E-state index is -0.747. The Balaban J connectivity index is 1.64. The van der Waals surface area contributed by atoms with E-state index in [0.29, 0.717) is 42.9 Å². The molecule has 7 heteroatoms. The molecule has 202 valence electrons. The van der Waals surface area contributed by atoms with Gasteiger partial charge in [0.2, 0.25) is 0 Å². The SMILES string of the molecule is COC(=O)CC[C@@H](C)[C@H]1CC[C@H]2[C@@H]3[C@H](OC(C)=O)C[C@@H]4[C@@H](OC(C)=O)C(=O)CC[C@]4(C)[C@H]3CC[C@]12C. The van der Waals surface area contributed by atoms with Crippen LogP contribution < -0.4 is 0 Å². The molecule has 0 heterocycles. The molecule has 0 aromatic rings. The molecule has 0 bridgehead atoms. The van der Waals surface area contributed by atoms with Crippen molar-refractivity contribution in [3.05, 3.63) is 0 Å². The summed E-state index contributed by atoms with van der Waals surface area (Å²) in [5.74, 6) is 0.888. The average molecular weight is 505 g/mol. The number of hydrogen-bond acceptors (Lipinski definition) is 7. The highest BCUT2D eigenvalue weighted by Gasteiger charge is 2.65. The number of ether oxygens (including phenoxy) is 3. The Hall–Kier alpha value is -1.92. The van der Waals surface area contributed by atoms with Gasteiger partial charge >= 0.3 is 17.9 Å². The Labute approximate surface area is 215 Å². The highest BCUT2D eigenvalue weighted by atomic mass is 16.6. The topological polar surface area (TPSA) is 96.0 Å². The van der Waals surface area contributed by atoms with Gasteiger partial charge in [0, 0.05) is 38.5 Å². The van der Waals surface area contributed by atoms with Gasteiger partial charge in [-0.15, -0.1) is 0 Å². The molecule has 0 aromatic heterocycles. The van der Waals surface area contributed by atoms with Gasteiger partial charge in [-0.3, -0.25) is 19.2 Å². The van der Waals surface area contributed by atoms with Gasteiger partial charge < -0.3 is 14.2 Å². The van der Waals surface area contributed by atoms with Crippen LogP contribution in [0.1, 0.15) is 92.4 Å². The fourth-order valence-corrected chi connectivity index (χ4v) is 9.32. The Morgan fingerprint density at radius 2 is 1.61 bits per heavy atom. The molecule has 0 amide bonds. The number of fused-ring (bicyclic) bond motifs is 5. The first-order chi connectivity index (χ1) is 16.9. The van der Waals surface area contributed by atoms with E-state index in [4.69, 9.17) is 14.2 Å². The molecule has 0 aromatic carbocycles. The Bertz CT molecular complexity index is 898. The summed E-state index contributed by atoms with van der Waals surface area (Å²) >= 11 is 0.